The molecule has 0 aromatic heterocycles. The first-order chi connectivity index (χ1) is 10.2. The first kappa shape index (κ1) is 15.0. The predicted molar refractivity (Wildman–Crippen MR) is 83.0 cm³/mol. The monoisotopic (exact) mass is 302 g/mol. The number of halogens is 1. The van der Waals surface area contributed by atoms with E-state index < -0.39 is 6.04 Å². The van der Waals surface area contributed by atoms with Gasteiger partial charge in [0, 0.05) is 5.69 Å². The second-order valence-electron chi connectivity index (χ2n) is 4.33. The normalized spacial score (nSPS) is 11.3. The van der Waals surface area contributed by atoms with Crippen molar-refractivity contribution >= 4 is 17.3 Å². The number of nitrogens with zero attached hydrogens (tertiary/aromatic N) is 1. The van der Waals surface area contributed by atoms with Crippen molar-refractivity contribution in [2.24, 2.45) is 0 Å². The largest absolute Gasteiger partial charge is 0.497 e. The van der Waals surface area contributed by atoms with Gasteiger partial charge in [0.1, 0.15) is 17.5 Å². The molecule has 0 aliphatic rings. The lowest BCUT2D eigenvalue weighted by Gasteiger charge is -2.15. The van der Waals surface area contributed by atoms with Gasteiger partial charge in [0.05, 0.1) is 25.3 Å². The Morgan fingerprint density at radius 3 is 2.33 bits per heavy atom. The van der Waals surface area contributed by atoms with E-state index in [1.54, 1.807) is 26.4 Å². The number of hydrogen-bond acceptors (Lipinski definition) is 4. The van der Waals surface area contributed by atoms with Gasteiger partial charge in [-0.1, -0.05) is 17.7 Å². The van der Waals surface area contributed by atoms with Crippen molar-refractivity contribution < 1.29 is 9.47 Å². The highest BCUT2D eigenvalue weighted by molar-refractivity contribution is 6.32. The highest BCUT2D eigenvalue weighted by Gasteiger charge is 2.12. The zero-order valence-corrected chi connectivity index (χ0v) is 12.5. The van der Waals surface area contributed by atoms with Gasteiger partial charge in [0.25, 0.3) is 0 Å². The molecule has 0 saturated heterocycles. The number of nitrogens with one attached hydrogen (secondary N) is 1. The second kappa shape index (κ2) is 6.87. The molecule has 5 heteroatoms. The summed E-state index contributed by atoms with van der Waals surface area (Å²) < 4.78 is 10.2. The van der Waals surface area contributed by atoms with Gasteiger partial charge < -0.3 is 14.8 Å². The highest BCUT2D eigenvalue weighted by atomic mass is 35.5. The number of rotatable bonds is 5. The summed E-state index contributed by atoms with van der Waals surface area (Å²) in [5.74, 6) is 1.35. The molecule has 0 heterocycles. The molecule has 21 heavy (non-hydrogen) atoms. The van der Waals surface area contributed by atoms with Crippen molar-refractivity contribution in [2.45, 2.75) is 6.04 Å². The molecule has 0 saturated carbocycles. The topological polar surface area (TPSA) is 54.3 Å². The highest BCUT2D eigenvalue weighted by Crippen LogP contribution is 2.29. The summed E-state index contributed by atoms with van der Waals surface area (Å²) in [6.45, 7) is 0. The Bertz CT molecular complexity index is 650. The maximum atomic E-state index is 9.35. The van der Waals surface area contributed by atoms with E-state index in [-0.39, 0.29) is 0 Å². The van der Waals surface area contributed by atoms with Crippen LogP contribution in [0.2, 0.25) is 5.02 Å². The predicted octanol–water partition coefficient (Wildman–Crippen LogP) is 4.03. The van der Waals surface area contributed by atoms with Crippen LogP contribution in [0.15, 0.2) is 42.5 Å². The van der Waals surface area contributed by atoms with Gasteiger partial charge in [0.15, 0.2) is 0 Å². The van der Waals surface area contributed by atoms with E-state index in [9.17, 15) is 5.26 Å². The standard InChI is InChI=1S/C16H15ClN2O2/c1-20-13-6-4-12(5-7-13)19-15(10-18)11-3-8-16(21-2)14(17)9-11/h3-9,15,19H,1-2H3. The summed E-state index contributed by atoms with van der Waals surface area (Å²) in [6.07, 6.45) is 0. The van der Waals surface area contributed by atoms with Crippen LogP contribution in [0, 0.1) is 11.3 Å². The van der Waals surface area contributed by atoms with Gasteiger partial charge in [-0.15, -0.1) is 0 Å². The van der Waals surface area contributed by atoms with Crippen molar-refractivity contribution in [3.63, 3.8) is 0 Å². The van der Waals surface area contributed by atoms with Crippen LogP contribution >= 0.6 is 11.6 Å². The Hall–Kier alpha value is -2.38. The zero-order valence-electron chi connectivity index (χ0n) is 11.8. The van der Waals surface area contributed by atoms with E-state index >= 15 is 0 Å². The molecule has 0 aliphatic heterocycles. The van der Waals surface area contributed by atoms with Gasteiger partial charge in [-0.2, -0.15) is 5.26 Å². The Morgan fingerprint density at radius 1 is 1.10 bits per heavy atom. The molecule has 2 rings (SSSR count). The SMILES string of the molecule is COc1ccc(NC(C#N)c2ccc(OC)c(Cl)c2)cc1. The van der Waals surface area contributed by atoms with Crippen molar-refractivity contribution in [3.05, 3.63) is 53.1 Å². The number of ether oxygens (including phenoxy) is 2. The average molecular weight is 303 g/mol. The number of methoxy groups -OCH3 is 2. The quantitative estimate of drug-likeness (QED) is 0.906. The molecule has 0 aliphatic carbocycles. The molecule has 0 fully saturated rings. The lowest BCUT2D eigenvalue weighted by atomic mass is 10.1. The third-order valence-electron chi connectivity index (χ3n) is 3.04. The molecular weight excluding hydrogens is 288 g/mol. The maximum absolute atomic E-state index is 9.35. The molecule has 0 radical (unpaired) electrons. The van der Waals surface area contributed by atoms with Crippen LogP contribution in [0.3, 0.4) is 0 Å². The van der Waals surface area contributed by atoms with E-state index in [1.165, 1.54) is 0 Å². The van der Waals surface area contributed by atoms with Crippen molar-refractivity contribution in [3.8, 4) is 17.6 Å². The summed E-state index contributed by atoms with van der Waals surface area (Å²) in [7, 11) is 3.16. The molecule has 0 amide bonds. The molecule has 2 aromatic rings. The fraction of sp³-hybridized carbons (Fsp3) is 0.188. The second-order valence-corrected chi connectivity index (χ2v) is 4.74. The molecule has 4 nitrogen and oxygen atoms in total. The van der Waals surface area contributed by atoms with Gasteiger partial charge in [0.2, 0.25) is 0 Å². The van der Waals surface area contributed by atoms with Crippen LogP contribution in [0.5, 0.6) is 11.5 Å². The Labute approximate surface area is 128 Å². The molecule has 2 aromatic carbocycles. The molecule has 1 unspecified atom stereocenters. The summed E-state index contributed by atoms with van der Waals surface area (Å²) in [6, 6.07) is 14.4. The Morgan fingerprint density at radius 2 is 1.81 bits per heavy atom. The lowest BCUT2D eigenvalue weighted by Crippen LogP contribution is -2.08. The summed E-state index contributed by atoms with van der Waals surface area (Å²) in [5, 5.41) is 13.0. The first-order valence-corrected chi connectivity index (χ1v) is 6.69. The fourth-order valence-corrected chi connectivity index (χ4v) is 2.17. The summed E-state index contributed by atoms with van der Waals surface area (Å²) >= 11 is 6.09. The minimum absolute atomic E-state index is 0.479. The van der Waals surface area contributed by atoms with Crippen molar-refractivity contribution in [1.82, 2.24) is 0 Å². The van der Waals surface area contributed by atoms with Gasteiger partial charge in [-0.3, -0.25) is 0 Å². The molecule has 108 valence electrons. The van der Waals surface area contributed by atoms with E-state index in [1.807, 2.05) is 30.3 Å². The van der Waals surface area contributed by atoms with E-state index in [2.05, 4.69) is 11.4 Å². The smallest absolute Gasteiger partial charge is 0.140 e. The summed E-state index contributed by atoms with van der Waals surface area (Å²) in [4.78, 5) is 0. The van der Waals surface area contributed by atoms with E-state index in [0.29, 0.717) is 10.8 Å². The molecule has 0 spiro atoms. The molecule has 1 atom stereocenters. The third-order valence-corrected chi connectivity index (χ3v) is 3.33. The number of nitriles is 1. The van der Waals surface area contributed by atoms with Crippen LogP contribution in [-0.4, -0.2) is 14.2 Å². The van der Waals surface area contributed by atoms with Gasteiger partial charge in [-0.05, 0) is 42.0 Å². The van der Waals surface area contributed by atoms with Crippen LogP contribution in [0.25, 0.3) is 0 Å². The molecular formula is C16H15ClN2O2. The van der Waals surface area contributed by atoms with Gasteiger partial charge >= 0.3 is 0 Å². The average Bonchev–Trinajstić information content (AvgIpc) is 2.53. The Kier molecular flexibility index (Phi) is 4.91. The maximum Gasteiger partial charge on any atom is 0.140 e. The van der Waals surface area contributed by atoms with Crippen LogP contribution in [-0.2, 0) is 0 Å². The van der Waals surface area contributed by atoms with Crippen molar-refractivity contribution in [1.29, 1.82) is 5.26 Å². The third kappa shape index (κ3) is 3.59. The van der Waals surface area contributed by atoms with Gasteiger partial charge in [-0.25, -0.2) is 0 Å². The number of hydrogen-bond donors (Lipinski definition) is 1. The summed E-state index contributed by atoms with van der Waals surface area (Å²) in [5.41, 5.74) is 1.61. The van der Waals surface area contributed by atoms with E-state index in [4.69, 9.17) is 21.1 Å². The number of anilines is 1. The van der Waals surface area contributed by atoms with Crippen LogP contribution in [0.4, 0.5) is 5.69 Å². The Balaban J connectivity index is 2.19. The zero-order chi connectivity index (χ0) is 15.2. The fourth-order valence-electron chi connectivity index (χ4n) is 1.91. The van der Waals surface area contributed by atoms with Crippen molar-refractivity contribution in [2.75, 3.05) is 19.5 Å². The minimum Gasteiger partial charge on any atom is -0.497 e. The molecule has 1 N–H and O–H groups in total. The number of benzene rings is 2. The van der Waals surface area contributed by atoms with Crippen LogP contribution in [0.1, 0.15) is 11.6 Å². The minimum atomic E-state index is -0.498. The molecule has 0 bridgehead atoms. The van der Waals surface area contributed by atoms with Crippen LogP contribution < -0.4 is 14.8 Å². The first-order valence-electron chi connectivity index (χ1n) is 6.31. The lowest BCUT2D eigenvalue weighted by molar-refractivity contribution is 0.414. The van der Waals surface area contributed by atoms with E-state index in [0.717, 1.165) is 17.0 Å².